The number of para-hydroxylation sites is 1. The van der Waals surface area contributed by atoms with Gasteiger partial charge in [0.05, 0.1) is 5.70 Å². The Bertz CT molecular complexity index is 1190. The number of benzene rings is 3. The molecule has 0 saturated heterocycles. The normalized spacial score (nSPS) is 14.6. The van der Waals surface area contributed by atoms with E-state index in [1.54, 1.807) is 12.1 Å². The maximum absolute atomic E-state index is 13.3. The van der Waals surface area contributed by atoms with Crippen molar-refractivity contribution < 1.29 is 14.3 Å². The molecule has 1 aliphatic heterocycles. The summed E-state index contributed by atoms with van der Waals surface area (Å²) in [5.74, 6) is 0.177. The van der Waals surface area contributed by atoms with Gasteiger partial charge in [0, 0.05) is 23.7 Å². The highest BCUT2D eigenvalue weighted by atomic mass is 16.5. The van der Waals surface area contributed by atoms with Gasteiger partial charge in [-0.1, -0.05) is 74.0 Å². The highest BCUT2D eigenvalue weighted by Crippen LogP contribution is 2.40. The number of fused-ring (bicyclic) bond motifs is 1. The molecule has 0 saturated carbocycles. The third-order valence-electron chi connectivity index (χ3n) is 5.30. The van der Waals surface area contributed by atoms with Crippen molar-refractivity contribution in [3.05, 3.63) is 107 Å². The zero-order chi connectivity index (χ0) is 22.5. The van der Waals surface area contributed by atoms with Crippen molar-refractivity contribution in [1.82, 2.24) is 0 Å². The van der Waals surface area contributed by atoms with Gasteiger partial charge in [0.1, 0.15) is 5.75 Å². The van der Waals surface area contributed by atoms with Crippen LogP contribution in [0.4, 0.5) is 5.69 Å². The zero-order valence-corrected chi connectivity index (χ0v) is 18.2. The van der Waals surface area contributed by atoms with Gasteiger partial charge in [0.2, 0.25) is 0 Å². The topological polar surface area (TPSA) is 46.6 Å². The molecule has 1 aliphatic rings. The lowest BCUT2D eigenvalue weighted by atomic mass is 10.00. The predicted molar refractivity (Wildman–Crippen MR) is 128 cm³/mol. The predicted octanol–water partition coefficient (Wildman–Crippen LogP) is 6.50. The molecule has 1 amide bonds. The zero-order valence-electron chi connectivity index (χ0n) is 18.2. The summed E-state index contributed by atoms with van der Waals surface area (Å²) in [5, 5.41) is 0. The Hall–Kier alpha value is -3.92. The molecule has 0 fully saturated rings. The van der Waals surface area contributed by atoms with Gasteiger partial charge in [0.15, 0.2) is 0 Å². The molecule has 4 heteroatoms. The first-order valence-electron chi connectivity index (χ1n) is 10.8. The fourth-order valence-corrected chi connectivity index (χ4v) is 3.92. The second kappa shape index (κ2) is 9.48. The molecule has 0 unspecified atom stereocenters. The summed E-state index contributed by atoms with van der Waals surface area (Å²) >= 11 is 0. The van der Waals surface area contributed by atoms with Crippen LogP contribution in [0.15, 0.2) is 90.5 Å². The van der Waals surface area contributed by atoms with Gasteiger partial charge in [0.25, 0.3) is 5.91 Å². The maximum atomic E-state index is 13.3. The molecule has 0 aliphatic carbocycles. The van der Waals surface area contributed by atoms with Crippen molar-refractivity contribution in [2.24, 2.45) is 0 Å². The van der Waals surface area contributed by atoms with Crippen LogP contribution in [0.3, 0.4) is 0 Å². The SMILES string of the molecule is CCCC(C=Cc1ccc(OC(C)=O)cc1)=C1c2ccccc2C(=O)N1c1ccccc1. The molecule has 3 aromatic carbocycles. The van der Waals surface area contributed by atoms with Gasteiger partial charge < -0.3 is 4.74 Å². The van der Waals surface area contributed by atoms with Gasteiger partial charge in [-0.2, -0.15) is 0 Å². The molecule has 1 heterocycles. The van der Waals surface area contributed by atoms with Crippen LogP contribution in [0.1, 0.15) is 48.2 Å². The number of carbonyl (C=O) groups excluding carboxylic acids is 2. The highest BCUT2D eigenvalue weighted by Gasteiger charge is 2.34. The lowest BCUT2D eigenvalue weighted by Gasteiger charge is -2.21. The summed E-state index contributed by atoms with van der Waals surface area (Å²) in [6, 6.07) is 24.9. The number of amides is 1. The van der Waals surface area contributed by atoms with Crippen LogP contribution < -0.4 is 9.64 Å². The monoisotopic (exact) mass is 423 g/mol. The van der Waals surface area contributed by atoms with Crippen LogP contribution in [-0.4, -0.2) is 11.9 Å². The number of anilines is 1. The second-order valence-corrected chi connectivity index (χ2v) is 7.64. The molecule has 4 nitrogen and oxygen atoms in total. The van der Waals surface area contributed by atoms with Gasteiger partial charge in [-0.05, 0) is 47.9 Å². The maximum Gasteiger partial charge on any atom is 0.308 e. The number of hydrogen-bond donors (Lipinski definition) is 0. The first-order chi connectivity index (χ1) is 15.6. The lowest BCUT2D eigenvalue weighted by molar-refractivity contribution is -0.131. The number of esters is 1. The van der Waals surface area contributed by atoms with Gasteiger partial charge in [-0.3, -0.25) is 14.5 Å². The Balaban J connectivity index is 1.78. The van der Waals surface area contributed by atoms with E-state index < -0.39 is 0 Å². The van der Waals surface area contributed by atoms with E-state index in [1.165, 1.54) is 6.92 Å². The van der Waals surface area contributed by atoms with Gasteiger partial charge in [-0.15, -0.1) is 0 Å². The molecule has 0 aromatic heterocycles. The van der Waals surface area contributed by atoms with Crippen LogP contribution in [0.25, 0.3) is 11.8 Å². The molecule has 0 radical (unpaired) electrons. The molecular weight excluding hydrogens is 398 g/mol. The van der Waals surface area contributed by atoms with Crippen molar-refractivity contribution in [3.63, 3.8) is 0 Å². The van der Waals surface area contributed by atoms with E-state index in [1.807, 2.05) is 77.7 Å². The van der Waals surface area contributed by atoms with E-state index in [4.69, 9.17) is 4.74 Å². The number of carbonyl (C=O) groups is 2. The fourth-order valence-electron chi connectivity index (χ4n) is 3.92. The van der Waals surface area contributed by atoms with Crippen LogP contribution in [0.2, 0.25) is 0 Å². The van der Waals surface area contributed by atoms with Crippen molar-refractivity contribution in [2.45, 2.75) is 26.7 Å². The average molecular weight is 424 g/mol. The molecule has 4 rings (SSSR count). The van der Waals surface area contributed by atoms with Crippen LogP contribution in [-0.2, 0) is 4.79 Å². The van der Waals surface area contributed by atoms with E-state index in [9.17, 15) is 9.59 Å². The standard InChI is InChI=1S/C28H25NO3/c1-3-9-22(17-14-21-15-18-24(19-16-21)32-20(2)30)27-25-12-7-8-13-26(25)28(31)29(27)23-10-5-4-6-11-23/h4-8,10-19H,3,9H2,1-2H3. The quantitative estimate of drug-likeness (QED) is 0.336. The van der Waals surface area contributed by atoms with Crippen LogP contribution in [0, 0.1) is 0 Å². The fraction of sp³-hybridized carbons (Fsp3) is 0.143. The molecule has 0 spiro atoms. The largest absolute Gasteiger partial charge is 0.427 e. The molecule has 32 heavy (non-hydrogen) atoms. The van der Waals surface area contributed by atoms with Crippen molar-refractivity contribution in [3.8, 4) is 5.75 Å². The average Bonchev–Trinajstić information content (AvgIpc) is 3.10. The first-order valence-corrected chi connectivity index (χ1v) is 10.8. The first kappa shape index (κ1) is 21.3. The number of ether oxygens (including phenoxy) is 1. The Morgan fingerprint density at radius 2 is 1.56 bits per heavy atom. The minimum absolute atomic E-state index is 0.00506. The molecular formula is C28H25NO3. The van der Waals surface area contributed by atoms with Crippen molar-refractivity contribution in [2.75, 3.05) is 4.90 Å². The van der Waals surface area contributed by atoms with Gasteiger partial charge in [-0.25, -0.2) is 0 Å². The van der Waals surface area contributed by atoms with E-state index >= 15 is 0 Å². The lowest BCUT2D eigenvalue weighted by Crippen LogP contribution is -2.23. The number of nitrogens with zero attached hydrogens (tertiary/aromatic N) is 1. The van der Waals surface area contributed by atoms with E-state index in [0.717, 1.165) is 46.5 Å². The summed E-state index contributed by atoms with van der Waals surface area (Å²) in [4.78, 5) is 26.3. The van der Waals surface area contributed by atoms with Crippen molar-refractivity contribution >= 4 is 29.3 Å². The van der Waals surface area contributed by atoms with E-state index in [2.05, 4.69) is 13.0 Å². The molecule has 0 N–H and O–H groups in total. The van der Waals surface area contributed by atoms with Crippen LogP contribution >= 0.6 is 0 Å². The summed E-state index contributed by atoms with van der Waals surface area (Å²) in [6.45, 7) is 3.52. The highest BCUT2D eigenvalue weighted by molar-refractivity contribution is 6.23. The summed E-state index contributed by atoms with van der Waals surface area (Å²) in [7, 11) is 0. The Morgan fingerprint density at radius 3 is 2.22 bits per heavy atom. The third-order valence-corrected chi connectivity index (χ3v) is 5.30. The Labute approximate surface area is 188 Å². The second-order valence-electron chi connectivity index (χ2n) is 7.64. The number of hydrogen-bond acceptors (Lipinski definition) is 3. The summed E-state index contributed by atoms with van der Waals surface area (Å²) < 4.78 is 5.11. The van der Waals surface area contributed by atoms with Crippen LogP contribution in [0.5, 0.6) is 5.75 Å². The smallest absolute Gasteiger partial charge is 0.308 e. The minimum atomic E-state index is -0.339. The third kappa shape index (κ3) is 4.40. The molecule has 160 valence electrons. The number of allylic oxidation sites excluding steroid dienone is 2. The molecule has 3 aromatic rings. The van der Waals surface area contributed by atoms with Gasteiger partial charge >= 0.3 is 5.97 Å². The van der Waals surface area contributed by atoms with E-state index in [0.29, 0.717) is 5.75 Å². The molecule has 0 bridgehead atoms. The summed E-state index contributed by atoms with van der Waals surface area (Å²) in [6.07, 6.45) is 5.91. The Kier molecular flexibility index (Phi) is 6.31. The Morgan fingerprint density at radius 1 is 0.906 bits per heavy atom. The summed E-state index contributed by atoms with van der Waals surface area (Å²) in [5.41, 5.74) is 5.55. The van der Waals surface area contributed by atoms with E-state index in [-0.39, 0.29) is 11.9 Å². The number of rotatable bonds is 6. The minimum Gasteiger partial charge on any atom is -0.427 e. The molecule has 0 atom stereocenters. The van der Waals surface area contributed by atoms with Crippen molar-refractivity contribution in [1.29, 1.82) is 0 Å².